The molecule has 0 aliphatic heterocycles. The van der Waals surface area contributed by atoms with Crippen molar-refractivity contribution in [2.24, 2.45) is 0 Å². The van der Waals surface area contributed by atoms with Crippen molar-refractivity contribution in [3.05, 3.63) is 78.1 Å². The van der Waals surface area contributed by atoms with E-state index in [2.05, 4.69) is 17.2 Å². The van der Waals surface area contributed by atoms with Gasteiger partial charge in [-0.05, 0) is 73.0 Å². The van der Waals surface area contributed by atoms with Gasteiger partial charge in [0.2, 0.25) is 0 Å². The van der Waals surface area contributed by atoms with Crippen LogP contribution in [0.3, 0.4) is 0 Å². The van der Waals surface area contributed by atoms with Crippen LogP contribution >= 0.6 is 0 Å². The maximum Gasteiger partial charge on any atom is 0.268 e. The number of H-pyrrole nitrogens is 1. The summed E-state index contributed by atoms with van der Waals surface area (Å²) in [6.07, 6.45) is 6.79. The van der Waals surface area contributed by atoms with E-state index in [0.29, 0.717) is 17.1 Å². The van der Waals surface area contributed by atoms with Gasteiger partial charge >= 0.3 is 0 Å². The Morgan fingerprint density at radius 1 is 1.00 bits per heavy atom. The van der Waals surface area contributed by atoms with Gasteiger partial charge in [-0.1, -0.05) is 31.5 Å². The Bertz CT molecular complexity index is 1250. The molecule has 2 aromatic heterocycles. The first kappa shape index (κ1) is 20.4. The van der Waals surface area contributed by atoms with Crippen LogP contribution in [0.15, 0.2) is 71.9 Å². The van der Waals surface area contributed by atoms with Gasteiger partial charge in [-0.25, -0.2) is 12.4 Å². The molecule has 5 nitrogen and oxygen atoms in total. The molecular weight excluding hydrogens is 394 g/mol. The number of nitrogens with zero attached hydrogens (tertiary/aromatic N) is 1. The smallest absolute Gasteiger partial charge is 0.268 e. The van der Waals surface area contributed by atoms with E-state index in [1.807, 2.05) is 55.7 Å². The number of benzene rings is 2. The number of aromatic nitrogens is 2. The predicted octanol–water partition coefficient (Wildman–Crippen LogP) is 4.94. The molecule has 0 saturated carbocycles. The molecule has 2 aromatic carbocycles. The lowest BCUT2D eigenvalue weighted by atomic mass is 10.1. The van der Waals surface area contributed by atoms with Crippen molar-refractivity contribution in [3.63, 3.8) is 0 Å². The summed E-state index contributed by atoms with van der Waals surface area (Å²) in [6.45, 7) is 2.75. The highest BCUT2D eigenvalue weighted by atomic mass is 32.2. The third-order valence-electron chi connectivity index (χ3n) is 5.37. The van der Waals surface area contributed by atoms with E-state index in [9.17, 15) is 8.42 Å². The summed E-state index contributed by atoms with van der Waals surface area (Å²) < 4.78 is 28.5. The number of hydrogen-bond donors (Lipinski definition) is 2. The summed E-state index contributed by atoms with van der Waals surface area (Å²) in [5, 5.41) is 4.16. The second-order valence-corrected chi connectivity index (χ2v) is 9.41. The zero-order valence-electron chi connectivity index (χ0n) is 17.4. The van der Waals surface area contributed by atoms with E-state index < -0.39 is 10.0 Å². The first-order valence-corrected chi connectivity index (χ1v) is 11.7. The van der Waals surface area contributed by atoms with Crippen molar-refractivity contribution in [3.8, 4) is 11.3 Å². The molecule has 0 saturated heterocycles. The Labute approximate surface area is 177 Å². The van der Waals surface area contributed by atoms with Gasteiger partial charge in [0.25, 0.3) is 10.0 Å². The normalized spacial score (nSPS) is 11.9. The van der Waals surface area contributed by atoms with E-state index in [4.69, 9.17) is 0 Å². The number of aryl methyl sites for hydroxylation is 1. The number of nitrogens with one attached hydrogen (secondary N) is 2. The molecule has 0 amide bonds. The van der Waals surface area contributed by atoms with Gasteiger partial charge in [0.1, 0.15) is 0 Å². The molecule has 156 valence electrons. The van der Waals surface area contributed by atoms with Crippen LogP contribution in [0, 0.1) is 0 Å². The molecule has 2 N–H and O–H groups in total. The molecule has 0 aliphatic carbocycles. The second-order valence-electron chi connectivity index (χ2n) is 7.59. The van der Waals surface area contributed by atoms with Crippen molar-refractivity contribution >= 4 is 20.9 Å². The molecule has 0 unspecified atom stereocenters. The van der Waals surface area contributed by atoms with Crippen molar-refractivity contribution < 1.29 is 8.42 Å². The van der Waals surface area contributed by atoms with Gasteiger partial charge in [-0.3, -0.25) is 0 Å². The summed E-state index contributed by atoms with van der Waals surface area (Å²) >= 11 is 0. The van der Waals surface area contributed by atoms with Crippen molar-refractivity contribution in [1.82, 2.24) is 14.3 Å². The number of rotatable bonds is 8. The standard InChI is InChI=1S/C24H27N3O2S/c1-3-4-5-18-6-9-22(10-7-18)30(28,29)27-17-19(16-25-2)14-24(27)21-8-11-23-20(15-21)12-13-26-23/h6-15,17,25-26H,3-5,16H2,1-2H3. The molecule has 2 heterocycles. The summed E-state index contributed by atoms with van der Waals surface area (Å²) in [5.74, 6) is 0. The lowest BCUT2D eigenvalue weighted by Gasteiger charge is -2.11. The number of hydrogen-bond acceptors (Lipinski definition) is 3. The number of fused-ring (bicyclic) bond motifs is 1. The minimum atomic E-state index is -3.71. The highest BCUT2D eigenvalue weighted by Gasteiger charge is 2.22. The lowest BCUT2D eigenvalue weighted by molar-refractivity contribution is 0.588. The van der Waals surface area contributed by atoms with Crippen molar-refractivity contribution in [1.29, 1.82) is 0 Å². The monoisotopic (exact) mass is 421 g/mol. The van der Waals surface area contributed by atoms with Gasteiger partial charge in [-0.15, -0.1) is 0 Å². The van der Waals surface area contributed by atoms with Crippen molar-refractivity contribution in [2.45, 2.75) is 37.6 Å². The summed E-state index contributed by atoms with van der Waals surface area (Å²) in [6, 6.07) is 17.2. The largest absolute Gasteiger partial charge is 0.361 e. The van der Waals surface area contributed by atoms with Crippen LogP contribution in [0.2, 0.25) is 0 Å². The molecule has 0 atom stereocenters. The van der Waals surface area contributed by atoms with Gasteiger partial charge in [0, 0.05) is 29.8 Å². The molecule has 0 spiro atoms. The lowest BCUT2D eigenvalue weighted by Crippen LogP contribution is -2.13. The quantitative estimate of drug-likeness (QED) is 0.424. The van der Waals surface area contributed by atoms with Gasteiger partial charge in [-0.2, -0.15) is 0 Å². The summed E-state index contributed by atoms with van der Waals surface area (Å²) in [4.78, 5) is 3.48. The SMILES string of the molecule is CCCCc1ccc(S(=O)(=O)n2cc(CNC)cc2-c2ccc3[nH]ccc3c2)cc1. The third kappa shape index (κ3) is 3.93. The fourth-order valence-electron chi connectivity index (χ4n) is 3.74. The maximum absolute atomic E-state index is 13.5. The molecule has 0 fully saturated rings. The van der Waals surface area contributed by atoms with Gasteiger partial charge in [0.15, 0.2) is 0 Å². The maximum atomic E-state index is 13.5. The number of aromatic amines is 1. The average Bonchev–Trinajstić information content (AvgIpc) is 3.39. The molecule has 4 aromatic rings. The van der Waals surface area contributed by atoms with Crippen LogP contribution in [0.4, 0.5) is 0 Å². The van der Waals surface area contributed by atoms with Crippen LogP contribution in [-0.4, -0.2) is 24.4 Å². The van der Waals surface area contributed by atoms with Crippen LogP contribution in [0.25, 0.3) is 22.2 Å². The topological polar surface area (TPSA) is 66.9 Å². The second kappa shape index (κ2) is 8.50. The Morgan fingerprint density at radius 3 is 2.53 bits per heavy atom. The minimum Gasteiger partial charge on any atom is -0.361 e. The zero-order valence-corrected chi connectivity index (χ0v) is 18.2. The highest BCUT2D eigenvalue weighted by Crippen LogP contribution is 2.29. The van der Waals surface area contributed by atoms with Crippen LogP contribution in [0.1, 0.15) is 30.9 Å². The Kier molecular flexibility index (Phi) is 5.79. The highest BCUT2D eigenvalue weighted by molar-refractivity contribution is 7.90. The predicted molar refractivity (Wildman–Crippen MR) is 122 cm³/mol. The fraction of sp³-hybridized carbons (Fsp3) is 0.250. The fourth-order valence-corrected chi connectivity index (χ4v) is 5.14. The molecule has 0 aliphatic rings. The molecule has 6 heteroatoms. The number of unbranched alkanes of at least 4 members (excludes halogenated alkanes) is 1. The van der Waals surface area contributed by atoms with E-state index >= 15 is 0 Å². The van der Waals surface area contributed by atoms with E-state index in [-0.39, 0.29) is 0 Å². The third-order valence-corrected chi connectivity index (χ3v) is 7.06. The molecule has 0 bridgehead atoms. The van der Waals surface area contributed by atoms with Crippen LogP contribution in [0.5, 0.6) is 0 Å². The minimum absolute atomic E-state index is 0.304. The first-order chi connectivity index (χ1) is 14.5. The average molecular weight is 422 g/mol. The van der Waals surface area contributed by atoms with E-state index in [0.717, 1.165) is 46.9 Å². The summed E-state index contributed by atoms with van der Waals surface area (Å²) in [5.41, 5.74) is 4.64. The molecule has 4 rings (SSSR count). The van der Waals surface area contributed by atoms with E-state index in [1.54, 1.807) is 18.3 Å². The zero-order chi connectivity index (χ0) is 21.1. The Morgan fingerprint density at radius 2 is 1.80 bits per heavy atom. The molecule has 30 heavy (non-hydrogen) atoms. The molecular formula is C24H27N3O2S. The Balaban J connectivity index is 1.78. The van der Waals surface area contributed by atoms with Gasteiger partial charge < -0.3 is 10.3 Å². The Hall–Kier alpha value is -2.83. The molecule has 0 radical (unpaired) electrons. The van der Waals surface area contributed by atoms with Crippen molar-refractivity contribution in [2.75, 3.05) is 7.05 Å². The van der Waals surface area contributed by atoms with Crippen LogP contribution in [-0.2, 0) is 23.0 Å². The van der Waals surface area contributed by atoms with Gasteiger partial charge in [0.05, 0.1) is 10.6 Å². The van der Waals surface area contributed by atoms with E-state index in [1.165, 1.54) is 3.97 Å². The van der Waals surface area contributed by atoms with Crippen LogP contribution < -0.4 is 5.32 Å². The first-order valence-electron chi connectivity index (χ1n) is 10.3. The summed E-state index contributed by atoms with van der Waals surface area (Å²) in [7, 11) is -1.86.